The monoisotopic (exact) mass is 344 g/mol. The molecule has 0 aliphatic heterocycles. The summed E-state index contributed by atoms with van der Waals surface area (Å²) >= 11 is 0. The topological polar surface area (TPSA) is 83.8 Å². The molecule has 2 aromatic rings. The van der Waals surface area contributed by atoms with Crippen molar-refractivity contribution in [2.45, 2.75) is 26.4 Å². The van der Waals surface area contributed by atoms with E-state index in [1.807, 2.05) is 30.3 Å². The fraction of sp³-hybridized carbons (Fsp3) is 0.300. The van der Waals surface area contributed by atoms with Gasteiger partial charge in [0.15, 0.2) is 11.6 Å². The number of rotatable bonds is 6. The van der Waals surface area contributed by atoms with Gasteiger partial charge in [-0.3, -0.25) is 9.59 Å². The molecule has 0 bridgehead atoms. The Balaban J connectivity index is 0.000000293. The molecule has 5 nitrogen and oxygen atoms in total. The number of aliphatic hydroxyl groups excluding tert-OH is 1. The molecule has 2 N–H and O–H groups in total. The van der Waals surface area contributed by atoms with Crippen LogP contribution >= 0.6 is 0 Å². The summed E-state index contributed by atoms with van der Waals surface area (Å²) < 4.78 is 5.15. The van der Waals surface area contributed by atoms with E-state index in [1.54, 1.807) is 31.2 Å². The van der Waals surface area contributed by atoms with Crippen molar-refractivity contribution in [3.63, 3.8) is 0 Å². The Bertz CT molecular complexity index is 669. The highest BCUT2D eigenvalue weighted by Gasteiger charge is 2.24. The second-order valence-corrected chi connectivity index (χ2v) is 5.91. The summed E-state index contributed by atoms with van der Waals surface area (Å²) in [5.41, 5.74) is -0.158. The zero-order valence-corrected chi connectivity index (χ0v) is 14.7. The van der Waals surface area contributed by atoms with E-state index in [-0.39, 0.29) is 24.8 Å². The van der Waals surface area contributed by atoms with E-state index in [0.29, 0.717) is 11.3 Å². The Labute approximate surface area is 147 Å². The number of Topliss-reactive ketones (excluding diaryl/α,β-unsaturated/α-hetero) is 2. The molecule has 0 aliphatic carbocycles. The second kappa shape index (κ2) is 9.71. The molecule has 0 aliphatic rings. The van der Waals surface area contributed by atoms with Crippen LogP contribution in [0.3, 0.4) is 0 Å². The smallest absolute Gasteiger partial charge is 0.193 e. The first kappa shape index (κ1) is 20.5. The number of carbonyl (C=O) groups excluding carboxylic acids is 2. The lowest BCUT2D eigenvalue weighted by molar-refractivity contribution is 0.0488. The molecule has 0 heterocycles. The van der Waals surface area contributed by atoms with Crippen LogP contribution in [-0.2, 0) is 0 Å². The number of hydrogen-bond donors (Lipinski definition) is 2. The maximum atomic E-state index is 11.7. The average Bonchev–Trinajstić information content (AvgIpc) is 2.60. The van der Waals surface area contributed by atoms with Gasteiger partial charge in [-0.25, -0.2) is 0 Å². The molecule has 25 heavy (non-hydrogen) atoms. The van der Waals surface area contributed by atoms with Crippen molar-refractivity contribution in [1.82, 2.24) is 0 Å². The highest BCUT2D eigenvalue weighted by molar-refractivity contribution is 6.01. The van der Waals surface area contributed by atoms with E-state index in [0.717, 1.165) is 5.56 Å². The van der Waals surface area contributed by atoms with E-state index >= 15 is 0 Å². The first-order valence-electron chi connectivity index (χ1n) is 7.92. The van der Waals surface area contributed by atoms with Crippen LogP contribution in [0.15, 0.2) is 54.6 Å². The molecule has 2 aromatic carbocycles. The molecule has 0 saturated carbocycles. The van der Waals surface area contributed by atoms with Crippen molar-refractivity contribution in [2.24, 2.45) is 0 Å². The van der Waals surface area contributed by atoms with Gasteiger partial charge in [0.1, 0.15) is 18.0 Å². The largest absolute Gasteiger partial charge is 0.491 e. The van der Waals surface area contributed by atoms with Crippen molar-refractivity contribution >= 4 is 11.6 Å². The van der Waals surface area contributed by atoms with Crippen LogP contribution in [0.1, 0.15) is 41.5 Å². The highest BCUT2D eigenvalue weighted by Crippen LogP contribution is 2.16. The van der Waals surface area contributed by atoms with Gasteiger partial charge in [0, 0.05) is 11.1 Å². The van der Waals surface area contributed by atoms with E-state index in [1.165, 1.54) is 13.8 Å². The van der Waals surface area contributed by atoms with Gasteiger partial charge >= 0.3 is 0 Å². The Morgan fingerprint density at radius 1 is 0.960 bits per heavy atom. The lowest BCUT2D eigenvalue weighted by Gasteiger charge is -2.15. The molecule has 0 saturated heterocycles. The maximum Gasteiger partial charge on any atom is 0.193 e. The Morgan fingerprint density at radius 2 is 1.52 bits per heavy atom. The number of ether oxygens (including phenoxy) is 1. The van der Waals surface area contributed by atoms with Crippen LogP contribution in [0.4, 0.5) is 0 Å². The van der Waals surface area contributed by atoms with Crippen molar-refractivity contribution in [3.8, 4) is 5.75 Å². The quantitative estimate of drug-likeness (QED) is 0.787. The van der Waals surface area contributed by atoms with Crippen molar-refractivity contribution in [1.29, 1.82) is 0 Å². The van der Waals surface area contributed by atoms with E-state index < -0.39 is 5.60 Å². The highest BCUT2D eigenvalue weighted by atomic mass is 16.5. The molecule has 5 heteroatoms. The van der Waals surface area contributed by atoms with Gasteiger partial charge < -0.3 is 14.9 Å². The lowest BCUT2D eigenvalue weighted by Crippen LogP contribution is -2.30. The van der Waals surface area contributed by atoms with Crippen molar-refractivity contribution in [2.75, 3.05) is 13.2 Å². The molecular formula is C20H24O5. The number of aliphatic hydroxyl groups is 2. The normalized spacial score (nSPS) is 10.4. The molecule has 0 atom stereocenters. The maximum absolute atomic E-state index is 11.7. The predicted octanol–water partition coefficient (Wildman–Crippen LogP) is 2.90. The van der Waals surface area contributed by atoms with Gasteiger partial charge in [-0.2, -0.15) is 0 Å². The van der Waals surface area contributed by atoms with Crippen LogP contribution in [-0.4, -0.2) is 40.6 Å². The number of benzene rings is 2. The fourth-order valence-corrected chi connectivity index (χ4v) is 1.89. The minimum atomic E-state index is -1.37. The number of hydrogen-bond acceptors (Lipinski definition) is 5. The lowest BCUT2D eigenvalue weighted by atomic mass is 9.97. The first-order chi connectivity index (χ1) is 11.8. The molecule has 0 aromatic heterocycles. The summed E-state index contributed by atoms with van der Waals surface area (Å²) in [5.74, 6) is 0.373. The molecule has 0 amide bonds. The van der Waals surface area contributed by atoms with Gasteiger partial charge in [-0.1, -0.05) is 30.3 Å². The van der Waals surface area contributed by atoms with Crippen LogP contribution in [0.25, 0.3) is 0 Å². The third-order valence-corrected chi connectivity index (χ3v) is 3.21. The third-order valence-electron chi connectivity index (χ3n) is 3.21. The summed E-state index contributed by atoms with van der Waals surface area (Å²) in [6.07, 6.45) is 0. The molecule has 0 fully saturated rings. The molecule has 0 radical (unpaired) electrons. The first-order valence-corrected chi connectivity index (χ1v) is 7.92. The number of carbonyl (C=O) groups is 2. The third kappa shape index (κ3) is 7.28. The summed E-state index contributed by atoms with van der Waals surface area (Å²) in [5, 5.41) is 18.1. The predicted molar refractivity (Wildman–Crippen MR) is 96.1 cm³/mol. The summed E-state index contributed by atoms with van der Waals surface area (Å²) in [6.45, 7) is 4.63. The zero-order chi connectivity index (χ0) is 18.9. The standard InChI is InChI=1S/C12H16O4.C8H8O/c1-12(2,15)11(14)9-3-5-10(6-4-9)16-8-7-13;1-7(9)8-5-3-2-4-6-8/h3-6,13,15H,7-8H2,1-2H3;2-6H,1H3. The molecule has 0 spiro atoms. The molecular weight excluding hydrogens is 320 g/mol. The summed E-state index contributed by atoms with van der Waals surface area (Å²) in [6, 6.07) is 15.7. The van der Waals surface area contributed by atoms with Crippen LogP contribution in [0.5, 0.6) is 5.75 Å². The van der Waals surface area contributed by atoms with Crippen LogP contribution in [0, 0.1) is 0 Å². The average molecular weight is 344 g/mol. The minimum absolute atomic E-state index is 0.0512. The van der Waals surface area contributed by atoms with Gasteiger partial charge in [0.05, 0.1) is 6.61 Å². The van der Waals surface area contributed by atoms with Crippen LogP contribution < -0.4 is 4.74 Å². The second-order valence-electron chi connectivity index (χ2n) is 5.91. The minimum Gasteiger partial charge on any atom is -0.491 e. The van der Waals surface area contributed by atoms with Gasteiger partial charge in [0.2, 0.25) is 0 Å². The van der Waals surface area contributed by atoms with Gasteiger partial charge in [-0.05, 0) is 45.0 Å². The zero-order valence-electron chi connectivity index (χ0n) is 14.7. The molecule has 2 rings (SSSR count). The van der Waals surface area contributed by atoms with E-state index in [2.05, 4.69) is 0 Å². The van der Waals surface area contributed by atoms with Crippen LogP contribution in [0.2, 0.25) is 0 Å². The number of ketones is 2. The van der Waals surface area contributed by atoms with E-state index in [9.17, 15) is 14.7 Å². The van der Waals surface area contributed by atoms with Gasteiger partial charge in [0.25, 0.3) is 0 Å². The Kier molecular flexibility index (Phi) is 7.98. The molecule has 0 unspecified atom stereocenters. The van der Waals surface area contributed by atoms with Crippen molar-refractivity contribution in [3.05, 3.63) is 65.7 Å². The summed E-state index contributed by atoms with van der Waals surface area (Å²) in [7, 11) is 0. The SMILES string of the molecule is CC(=O)c1ccccc1.CC(C)(O)C(=O)c1ccc(OCCO)cc1. The fourth-order valence-electron chi connectivity index (χ4n) is 1.89. The molecule has 134 valence electrons. The summed E-state index contributed by atoms with van der Waals surface area (Å²) in [4.78, 5) is 22.3. The Morgan fingerprint density at radius 3 is 1.92 bits per heavy atom. The van der Waals surface area contributed by atoms with Crippen molar-refractivity contribution < 1.29 is 24.5 Å². The van der Waals surface area contributed by atoms with Gasteiger partial charge in [-0.15, -0.1) is 0 Å². The Hall–Kier alpha value is -2.50. The van der Waals surface area contributed by atoms with E-state index in [4.69, 9.17) is 9.84 Å².